The van der Waals surface area contributed by atoms with Gasteiger partial charge in [-0.3, -0.25) is 9.59 Å². The van der Waals surface area contributed by atoms with Crippen molar-refractivity contribution >= 4 is 11.9 Å². The van der Waals surface area contributed by atoms with Gasteiger partial charge in [-0.1, -0.05) is 355 Å². The Balaban J connectivity index is 0. The van der Waals surface area contributed by atoms with E-state index in [2.05, 4.69) is 33.0 Å². The van der Waals surface area contributed by atoms with Crippen molar-refractivity contribution in [2.75, 3.05) is 13.2 Å². The van der Waals surface area contributed by atoms with Crippen molar-refractivity contribution in [3.05, 3.63) is 0 Å². The van der Waals surface area contributed by atoms with Crippen LogP contribution in [0.15, 0.2) is 0 Å². The number of carbonyl (C=O) groups excluding carboxylic acids is 2. The van der Waals surface area contributed by atoms with E-state index >= 15 is 0 Å². The molecule has 3 atom stereocenters. The van der Waals surface area contributed by atoms with Crippen LogP contribution in [-0.4, -0.2) is 58.7 Å². The number of rotatable bonds is 62. The second-order valence-corrected chi connectivity index (χ2v) is 23.6. The van der Waals surface area contributed by atoms with E-state index in [4.69, 9.17) is 4.74 Å². The molecule has 7 heteroatoms. The highest BCUT2D eigenvalue weighted by molar-refractivity contribution is 5.76. The Hall–Kier alpha value is -1.18. The highest BCUT2D eigenvalue weighted by Gasteiger charge is 2.27. The first-order chi connectivity index (χ1) is 36.9. The number of aliphatic hydroxyl groups excluding tert-OH is 3. The Morgan fingerprint density at radius 3 is 0.853 bits per heavy atom. The number of carbonyl (C=O) groups is 2. The van der Waals surface area contributed by atoms with Gasteiger partial charge in [0.2, 0.25) is 5.91 Å². The van der Waals surface area contributed by atoms with E-state index in [0.29, 0.717) is 25.9 Å². The van der Waals surface area contributed by atoms with Crippen molar-refractivity contribution < 1.29 is 29.6 Å². The Morgan fingerprint density at radius 1 is 0.333 bits per heavy atom. The zero-order valence-corrected chi connectivity index (χ0v) is 51.5. The second-order valence-electron chi connectivity index (χ2n) is 23.6. The van der Waals surface area contributed by atoms with Gasteiger partial charge in [0.05, 0.1) is 25.4 Å². The van der Waals surface area contributed by atoms with Crippen molar-refractivity contribution in [2.45, 2.75) is 412 Å². The highest BCUT2D eigenvalue weighted by atomic mass is 16.5. The zero-order chi connectivity index (χ0) is 55.0. The molecular weight excluding hydrogens is 927 g/mol. The van der Waals surface area contributed by atoms with Gasteiger partial charge in [-0.2, -0.15) is 0 Å². The summed E-state index contributed by atoms with van der Waals surface area (Å²) < 4.78 is 5.41. The van der Waals surface area contributed by atoms with E-state index in [1.54, 1.807) is 0 Å². The largest absolute Gasteiger partial charge is 0.466 e. The molecule has 75 heavy (non-hydrogen) atoms. The number of hydrogen-bond donors (Lipinski definition) is 4. The fourth-order valence-electron chi connectivity index (χ4n) is 10.7. The first-order valence-electron chi connectivity index (χ1n) is 34.3. The van der Waals surface area contributed by atoms with Crippen LogP contribution in [0.5, 0.6) is 0 Å². The Labute approximate surface area is 470 Å². The summed E-state index contributed by atoms with van der Waals surface area (Å²) in [6, 6.07) is -0.800. The minimum absolute atomic E-state index is 0.0257. The maximum absolute atomic E-state index is 12.3. The maximum atomic E-state index is 12.3. The van der Waals surface area contributed by atoms with E-state index in [-0.39, 0.29) is 18.5 Å². The highest BCUT2D eigenvalue weighted by Crippen LogP contribution is 2.18. The molecule has 450 valence electrons. The third-order valence-corrected chi connectivity index (χ3v) is 16.0. The predicted molar refractivity (Wildman–Crippen MR) is 328 cm³/mol. The van der Waals surface area contributed by atoms with Crippen molar-refractivity contribution in [3.8, 4) is 0 Å². The Morgan fingerprint density at radius 2 is 0.573 bits per heavy atom. The van der Waals surface area contributed by atoms with Gasteiger partial charge >= 0.3 is 5.97 Å². The third kappa shape index (κ3) is 63.5. The first kappa shape index (κ1) is 75.9. The third-order valence-electron chi connectivity index (χ3n) is 16.0. The molecule has 4 N–H and O–H groups in total. The topological polar surface area (TPSA) is 116 Å². The number of unbranched alkanes of at least 4 members (excludes halogenated alkanes) is 50. The van der Waals surface area contributed by atoms with Crippen molar-refractivity contribution in [1.29, 1.82) is 0 Å². The number of hydrogen-bond acceptors (Lipinski definition) is 6. The van der Waals surface area contributed by atoms with E-state index in [0.717, 1.165) is 51.4 Å². The van der Waals surface area contributed by atoms with Crippen LogP contribution in [-0.2, 0) is 14.3 Å². The van der Waals surface area contributed by atoms with Crippen LogP contribution < -0.4 is 5.32 Å². The standard InChI is InChI=1S/C36H73NO4.C32H64O2/c1-3-5-7-9-11-13-15-17-18-19-21-23-25-27-29-31-35(40)37-33(32-38)36(41)34(39)30-28-26-24-22-20-16-14-12-10-8-6-4-2;1-3-5-7-9-11-13-15-17-18-19-20-22-24-26-28-30-32(33)34-31-29-27-25-23-21-16-14-12-10-8-6-4-2/h33-34,36,38-39,41H,3-32H2,1-2H3,(H,37,40);3-31H2,1-2H3. The maximum Gasteiger partial charge on any atom is 0.305 e. The van der Waals surface area contributed by atoms with Crippen LogP contribution in [0.3, 0.4) is 0 Å². The molecule has 0 aliphatic carbocycles. The number of amides is 1. The quantitative estimate of drug-likeness (QED) is 0.0356. The number of aliphatic hydroxyl groups is 3. The molecule has 0 aromatic heterocycles. The molecule has 0 rings (SSSR count). The molecule has 0 aromatic rings. The van der Waals surface area contributed by atoms with Gasteiger partial charge < -0.3 is 25.4 Å². The lowest BCUT2D eigenvalue weighted by atomic mass is 9.99. The van der Waals surface area contributed by atoms with Gasteiger partial charge in [-0.05, 0) is 25.7 Å². The minimum atomic E-state index is -1.13. The van der Waals surface area contributed by atoms with Gasteiger partial charge in [0, 0.05) is 12.8 Å². The van der Waals surface area contributed by atoms with Gasteiger partial charge in [0.25, 0.3) is 0 Å². The summed E-state index contributed by atoms with van der Waals surface area (Å²) in [6.45, 7) is 9.37. The minimum Gasteiger partial charge on any atom is -0.466 e. The van der Waals surface area contributed by atoms with Crippen LogP contribution in [0.4, 0.5) is 0 Å². The molecule has 0 aliphatic rings. The summed E-state index contributed by atoms with van der Waals surface area (Å²) in [5, 5.41) is 33.3. The van der Waals surface area contributed by atoms with Gasteiger partial charge in [-0.25, -0.2) is 0 Å². The van der Waals surface area contributed by atoms with Crippen LogP contribution in [0.25, 0.3) is 0 Å². The first-order valence-corrected chi connectivity index (χ1v) is 34.3. The SMILES string of the molecule is CCCCCCCCCCCCCCCCCC(=O)NC(CO)C(O)C(O)CCCCCCCCCCCCCC.CCCCCCCCCCCCCCCCCC(=O)OCCCCCCCCCCCCCC. The average molecular weight is 1060 g/mol. The monoisotopic (exact) mass is 1060 g/mol. The summed E-state index contributed by atoms with van der Waals surface area (Å²) in [5.74, 6) is -0.117. The van der Waals surface area contributed by atoms with Crippen LogP contribution in [0.1, 0.15) is 394 Å². The Bertz CT molecular complexity index is 1070. The van der Waals surface area contributed by atoms with Gasteiger partial charge in [0.15, 0.2) is 0 Å². The molecule has 0 spiro atoms. The molecule has 0 heterocycles. The summed E-state index contributed by atoms with van der Waals surface area (Å²) in [6.07, 6.45) is 70.5. The predicted octanol–water partition coefficient (Wildman–Crippen LogP) is 21.0. The van der Waals surface area contributed by atoms with Crippen LogP contribution >= 0.6 is 0 Å². The van der Waals surface area contributed by atoms with E-state index in [1.165, 1.54) is 295 Å². The molecular formula is C68H137NO6. The number of nitrogens with one attached hydrogen (secondary N) is 1. The van der Waals surface area contributed by atoms with Gasteiger partial charge in [-0.15, -0.1) is 0 Å². The molecule has 7 nitrogen and oxygen atoms in total. The zero-order valence-electron chi connectivity index (χ0n) is 51.5. The normalized spacial score (nSPS) is 12.6. The molecule has 0 saturated heterocycles. The second kappa shape index (κ2) is 67.1. The fourth-order valence-corrected chi connectivity index (χ4v) is 10.7. The lowest BCUT2D eigenvalue weighted by molar-refractivity contribution is -0.143. The van der Waals surface area contributed by atoms with E-state index < -0.39 is 18.2 Å². The summed E-state index contributed by atoms with van der Waals surface area (Å²) >= 11 is 0. The number of esters is 1. The Kier molecular flexibility index (Phi) is 67.9. The van der Waals surface area contributed by atoms with Crippen LogP contribution in [0, 0.1) is 0 Å². The molecule has 0 aromatic carbocycles. The van der Waals surface area contributed by atoms with E-state index in [1.807, 2.05) is 0 Å². The molecule has 0 aliphatic heterocycles. The molecule has 3 unspecified atom stereocenters. The molecule has 0 radical (unpaired) electrons. The average Bonchev–Trinajstić information content (AvgIpc) is 3.41. The lowest BCUT2D eigenvalue weighted by Crippen LogP contribution is -2.50. The molecule has 0 bridgehead atoms. The summed E-state index contributed by atoms with van der Waals surface area (Å²) in [7, 11) is 0. The van der Waals surface area contributed by atoms with Crippen molar-refractivity contribution in [2.24, 2.45) is 0 Å². The summed E-state index contributed by atoms with van der Waals surface area (Å²) in [5.41, 5.74) is 0. The van der Waals surface area contributed by atoms with Gasteiger partial charge in [0.1, 0.15) is 6.10 Å². The fraction of sp³-hybridized carbons (Fsp3) is 0.971. The van der Waals surface area contributed by atoms with E-state index in [9.17, 15) is 24.9 Å². The molecule has 0 saturated carbocycles. The number of ether oxygens (including phenoxy) is 1. The molecule has 1 amide bonds. The van der Waals surface area contributed by atoms with Crippen molar-refractivity contribution in [1.82, 2.24) is 5.32 Å². The molecule has 0 fully saturated rings. The smallest absolute Gasteiger partial charge is 0.305 e. The van der Waals surface area contributed by atoms with Crippen molar-refractivity contribution in [3.63, 3.8) is 0 Å². The lowest BCUT2D eigenvalue weighted by Gasteiger charge is -2.26. The van der Waals surface area contributed by atoms with Crippen LogP contribution in [0.2, 0.25) is 0 Å². The summed E-state index contributed by atoms with van der Waals surface area (Å²) in [4.78, 5) is 24.2.